The molecule has 2 aromatic rings. The minimum atomic E-state index is 0.291. The first-order valence-electron chi connectivity index (χ1n) is 10.8. The highest BCUT2D eigenvalue weighted by Crippen LogP contribution is 2.39. The van der Waals surface area contributed by atoms with Crippen molar-refractivity contribution in [2.24, 2.45) is 5.92 Å². The maximum Gasteiger partial charge on any atom is 0.112 e. The van der Waals surface area contributed by atoms with Crippen LogP contribution < -0.4 is 9.80 Å². The number of benzene rings is 2. The van der Waals surface area contributed by atoms with Gasteiger partial charge in [0.25, 0.3) is 0 Å². The van der Waals surface area contributed by atoms with E-state index in [0.29, 0.717) is 12.1 Å². The van der Waals surface area contributed by atoms with E-state index in [0.717, 1.165) is 6.42 Å². The van der Waals surface area contributed by atoms with E-state index < -0.39 is 0 Å². The molecule has 0 N–H and O–H groups in total. The molecule has 2 nitrogen and oxygen atoms in total. The minimum Gasteiger partial charge on any atom is -0.325 e. The van der Waals surface area contributed by atoms with E-state index in [2.05, 4.69) is 101 Å². The summed E-state index contributed by atoms with van der Waals surface area (Å²) in [6.45, 7) is 19.8. The number of anilines is 2. The van der Waals surface area contributed by atoms with E-state index in [1.807, 2.05) is 13.8 Å². The SMILES string of the molecule is CC.CCc1ccc(C)c(N2C=CN(c3c(C)cccc3C)C2C(C)C)c1C. The van der Waals surface area contributed by atoms with Gasteiger partial charge in [0.2, 0.25) is 0 Å². The first kappa shape index (κ1) is 22.1. The van der Waals surface area contributed by atoms with Crippen LogP contribution in [0.25, 0.3) is 0 Å². The van der Waals surface area contributed by atoms with Crippen LogP contribution in [-0.2, 0) is 6.42 Å². The summed E-state index contributed by atoms with van der Waals surface area (Å²) in [6.07, 6.45) is 5.89. The number of aryl methyl sites for hydroxylation is 4. The highest BCUT2D eigenvalue weighted by molar-refractivity contribution is 5.70. The molecule has 0 saturated carbocycles. The van der Waals surface area contributed by atoms with Gasteiger partial charge in [0.1, 0.15) is 6.17 Å². The molecular formula is C26H38N2. The lowest BCUT2D eigenvalue weighted by Crippen LogP contribution is -2.44. The van der Waals surface area contributed by atoms with Crippen LogP contribution in [0.4, 0.5) is 11.4 Å². The Kier molecular flexibility index (Phi) is 7.35. The standard InChI is InChI=1S/C24H32N2.C2H6/c1-8-21-13-12-19(6)23(20(21)7)26-15-14-25(24(26)16(2)3)22-17(4)10-9-11-18(22)5;1-2/h9-16,24H,8H2,1-7H3;1-2H3. The summed E-state index contributed by atoms with van der Waals surface area (Å²) in [7, 11) is 0. The fourth-order valence-electron chi connectivity index (χ4n) is 4.38. The molecule has 152 valence electrons. The van der Waals surface area contributed by atoms with Crippen LogP contribution in [-0.4, -0.2) is 6.17 Å². The summed E-state index contributed by atoms with van der Waals surface area (Å²) in [5.41, 5.74) is 9.56. The molecule has 28 heavy (non-hydrogen) atoms. The van der Waals surface area contributed by atoms with Crippen LogP contribution in [0.3, 0.4) is 0 Å². The van der Waals surface area contributed by atoms with Crippen molar-refractivity contribution in [1.82, 2.24) is 0 Å². The second-order valence-electron chi connectivity index (χ2n) is 7.88. The molecule has 1 unspecified atom stereocenters. The molecule has 0 bridgehead atoms. The molecule has 2 aromatic carbocycles. The molecule has 0 radical (unpaired) electrons. The summed E-state index contributed by atoms with van der Waals surface area (Å²) in [5.74, 6) is 0.494. The average Bonchev–Trinajstić information content (AvgIpc) is 3.08. The molecule has 0 aromatic heterocycles. The summed E-state index contributed by atoms with van der Waals surface area (Å²) in [6, 6.07) is 11.1. The third-order valence-corrected chi connectivity index (χ3v) is 5.64. The predicted octanol–water partition coefficient (Wildman–Crippen LogP) is 7.29. The predicted molar refractivity (Wildman–Crippen MR) is 125 cm³/mol. The molecule has 1 atom stereocenters. The highest BCUT2D eigenvalue weighted by Gasteiger charge is 2.33. The molecule has 0 aliphatic carbocycles. The highest BCUT2D eigenvalue weighted by atomic mass is 15.4. The first-order chi connectivity index (χ1) is 13.4. The van der Waals surface area contributed by atoms with Crippen molar-refractivity contribution in [1.29, 1.82) is 0 Å². The minimum absolute atomic E-state index is 0.291. The zero-order valence-corrected chi connectivity index (χ0v) is 19.3. The Morgan fingerprint density at radius 2 is 1.29 bits per heavy atom. The zero-order valence-electron chi connectivity index (χ0n) is 19.3. The van der Waals surface area contributed by atoms with E-state index in [1.54, 1.807) is 0 Å². The van der Waals surface area contributed by atoms with Crippen molar-refractivity contribution >= 4 is 11.4 Å². The van der Waals surface area contributed by atoms with E-state index >= 15 is 0 Å². The van der Waals surface area contributed by atoms with Crippen molar-refractivity contribution in [3.8, 4) is 0 Å². The second-order valence-corrected chi connectivity index (χ2v) is 7.88. The fourth-order valence-corrected chi connectivity index (χ4v) is 4.38. The Labute approximate surface area is 172 Å². The van der Waals surface area contributed by atoms with Gasteiger partial charge in [0.05, 0.1) is 0 Å². The topological polar surface area (TPSA) is 6.48 Å². The number of nitrogens with zero attached hydrogens (tertiary/aromatic N) is 2. The molecule has 0 saturated heterocycles. The van der Waals surface area contributed by atoms with E-state index in [9.17, 15) is 0 Å². The molecular weight excluding hydrogens is 340 g/mol. The van der Waals surface area contributed by atoms with Crippen molar-refractivity contribution in [3.05, 3.63) is 70.5 Å². The van der Waals surface area contributed by atoms with Gasteiger partial charge in [-0.1, -0.05) is 65.0 Å². The average molecular weight is 379 g/mol. The summed E-state index contributed by atoms with van der Waals surface area (Å²) >= 11 is 0. The Morgan fingerprint density at radius 1 is 0.786 bits per heavy atom. The summed E-state index contributed by atoms with van der Waals surface area (Å²) in [5, 5.41) is 0. The number of para-hydroxylation sites is 1. The van der Waals surface area contributed by atoms with Crippen LogP contribution in [0.2, 0.25) is 0 Å². The van der Waals surface area contributed by atoms with Gasteiger partial charge in [0, 0.05) is 23.8 Å². The number of rotatable bonds is 4. The first-order valence-corrected chi connectivity index (χ1v) is 10.8. The maximum atomic E-state index is 2.49. The van der Waals surface area contributed by atoms with Crippen molar-refractivity contribution in [2.75, 3.05) is 9.80 Å². The van der Waals surface area contributed by atoms with Crippen molar-refractivity contribution in [2.45, 2.75) is 74.9 Å². The number of hydrogen-bond acceptors (Lipinski definition) is 2. The van der Waals surface area contributed by atoms with Crippen LogP contribution in [0, 0.1) is 33.6 Å². The molecule has 0 spiro atoms. The lowest BCUT2D eigenvalue weighted by Gasteiger charge is -2.38. The molecule has 1 heterocycles. The van der Waals surface area contributed by atoms with Gasteiger partial charge in [-0.25, -0.2) is 0 Å². The second kappa shape index (κ2) is 9.32. The number of hydrogen-bond donors (Lipinski definition) is 0. The molecule has 1 aliphatic heterocycles. The molecule has 0 amide bonds. The van der Waals surface area contributed by atoms with Crippen LogP contribution in [0.15, 0.2) is 42.7 Å². The molecule has 2 heteroatoms. The molecule has 3 rings (SSSR count). The third kappa shape index (κ3) is 3.97. The maximum absolute atomic E-state index is 2.49. The van der Waals surface area contributed by atoms with Gasteiger partial charge in [-0.15, -0.1) is 0 Å². The molecule has 0 fully saturated rings. The van der Waals surface area contributed by atoms with E-state index in [4.69, 9.17) is 0 Å². The van der Waals surface area contributed by atoms with E-state index in [1.165, 1.54) is 39.2 Å². The van der Waals surface area contributed by atoms with E-state index in [-0.39, 0.29) is 0 Å². The largest absolute Gasteiger partial charge is 0.325 e. The monoisotopic (exact) mass is 378 g/mol. The lowest BCUT2D eigenvalue weighted by molar-refractivity contribution is 0.499. The summed E-state index contributed by atoms with van der Waals surface area (Å²) in [4.78, 5) is 4.95. The van der Waals surface area contributed by atoms with Crippen LogP contribution >= 0.6 is 0 Å². The smallest absolute Gasteiger partial charge is 0.112 e. The quantitative estimate of drug-likeness (QED) is 0.551. The Hall–Kier alpha value is -2.22. The Balaban J connectivity index is 0.00000136. The lowest BCUT2D eigenvalue weighted by atomic mass is 9.98. The Morgan fingerprint density at radius 3 is 1.79 bits per heavy atom. The van der Waals surface area contributed by atoms with Gasteiger partial charge in [-0.2, -0.15) is 0 Å². The van der Waals surface area contributed by atoms with Crippen LogP contribution in [0.5, 0.6) is 0 Å². The zero-order chi connectivity index (χ0) is 21.0. The van der Waals surface area contributed by atoms with Gasteiger partial charge in [-0.05, 0) is 67.9 Å². The van der Waals surface area contributed by atoms with Crippen molar-refractivity contribution in [3.63, 3.8) is 0 Å². The van der Waals surface area contributed by atoms with Gasteiger partial charge >= 0.3 is 0 Å². The van der Waals surface area contributed by atoms with Gasteiger partial charge < -0.3 is 9.80 Å². The van der Waals surface area contributed by atoms with Crippen LogP contribution in [0.1, 0.15) is 62.4 Å². The van der Waals surface area contributed by atoms with Crippen molar-refractivity contribution < 1.29 is 0 Å². The van der Waals surface area contributed by atoms with Gasteiger partial charge in [0.15, 0.2) is 0 Å². The normalized spacial score (nSPS) is 15.9. The van der Waals surface area contributed by atoms with Gasteiger partial charge in [-0.3, -0.25) is 0 Å². The summed E-state index contributed by atoms with van der Waals surface area (Å²) < 4.78 is 0. The third-order valence-electron chi connectivity index (χ3n) is 5.64. The Bertz CT molecular complexity index is 812. The fraction of sp³-hybridized carbons (Fsp3) is 0.462. The molecule has 1 aliphatic rings.